The van der Waals surface area contributed by atoms with E-state index in [1.807, 2.05) is 24.3 Å². The minimum absolute atomic E-state index is 0.221. The standard InChI is InChI=1S/C23H28F2N4O/c24-19-1-5-21(6-2-19)28-13-9-26(10-14-28)17-23(30)18-27-11-15-29(16-12-27)22-7-3-20(25)4-8-22/h1-8H,9-18H2. The third-order valence-electron chi connectivity index (χ3n) is 5.93. The van der Waals surface area contributed by atoms with Crippen LogP contribution in [0, 0.1) is 11.6 Å². The van der Waals surface area contributed by atoms with Gasteiger partial charge in [-0.25, -0.2) is 8.78 Å². The fraction of sp³-hybridized carbons (Fsp3) is 0.435. The van der Waals surface area contributed by atoms with Crippen molar-refractivity contribution in [3.05, 3.63) is 60.2 Å². The quantitative estimate of drug-likeness (QED) is 0.725. The molecule has 0 spiro atoms. The minimum Gasteiger partial charge on any atom is -0.369 e. The van der Waals surface area contributed by atoms with Gasteiger partial charge in [0.2, 0.25) is 0 Å². The molecule has 2 aliphatic heterocycles. The van der Waals surface area contributed by atoms with Gasteiger partial charge < -0.3 is 9.80 Å². The van der Waals surface area contributed by atoms with Gasteiger partial charge in [-0.2, -0.15) is 0 Å². The van der Waals surface area contributed by atoms with E-state index < -0.39 is 0 Å². The number of hydrogen-bond donors (Lipinski definition) is 0. The zero-order chi connectivity index (χ0) is 20.9. The van der Waals surface area contributed by atoms with Gasteiger partial charge in [0.05, 0.1) is 13.1 Å². The van der Waals surface area contributed by atoms with Crippen molar-refractivity contribution in [3.8, 4) is 0 Å². The average Bonchev–Trinajstić information content (AvgIpc) is 2.76. The molecule has 2 saturated heterocycles. The van der Waals surface area contributed by atoms with E-state index in [9.17, 15) is 13.6 Å². The molecule has 0 saturated carbocycles. The molecule has 2 heterocycles. The second-order valence-electron chi connectivity index (χ2n) is 8.02. The maximum Gasteiger partial charge on any atom is 0.160 e. The van der Waals surface area contributed by atoms with Crippen LogP contribution in [-0.4, -0.2) is 81.0 Å². The Morgan fingerprint density at radius 2 is 0.933 bits per heavy atom. The van der Waals surface area contributed by atoms with Gasteiger partial charge >= 0.3 is 0 Å². The maximum atomic E-state index is 13.1. The van der Waals surface area contributed by atoms with E-state index in [4.69, 9.17) is 0 Å². The molecule has 2 aromatic rings. The fourth-order valence-electron chi connectivity index (χ4n) is 4.18. The molecule has 0 atom stereocenters. The summed E-state index contributed by atoms with van der Waals surface area (Å²) in [6.45, 7) is 7.67. The summed E-state index contributed by atoms with van der Waals surface area (Å²) in [6, 6.07) is 13.2. The van der Waals surface area contributed by atoms with Crippen LogP contribution in [0.3, 0.4) is 0 Å². The number of anilines is 2. The largest absolute Gasteiger partial charge is 0.369 e. The number of hydrogen-bond acceptors (Lipinski definition) is 5. The second-order valence-corrected chi connectivity index (χ2v) is 8.02. The molecule has 30 heavy (non-hydrogen) atoms. The molecule has 2 aromatic carbocycles. The highest BCUT2D eigenvalue weighted by Gasteiger charge is 2.22. The number of halogens is 2. The van der Waals surface area contributed by atoms with Gasteiger partial charge in [-0.3, -0.25) is 14.6 Å². The van der Waals surface area contributed by atoms with Gasteiger partial charge in [0.1, 0.15) is 11.6 Å². The summed E-state index contributed by atoms with van der Waals surface area (Å²) in [5.41, 5.74) is 2.06. The van der Waals surface area contributed by atoms with Crippen molar-refractivity contribution in [2.24, 2.45) is 0 Å². The highest BCUT2D eigenvalue weighted by Crippen LogP contribution is 2.18. The molecule has 0 aromatic heterocycles. The molecular formula is C23H28F2N4O. The van der Waals surface area contributed by atoms with Crippen LogP contribution in [0.5, 0.6) is 0 Å². The van der Waals surface area contributed by atoms with Gasteiger partial charge in [0, 0.05) is 63.7 Å². The van der Waals surface area contributed by atoms with E-state index in [1.165, 1.54) is 24.3 Å². The Bertz CT molecular complexity index is 758. The molecule has 0 N–H and O–H groups in total. The lowest BCUT2D eigenvalue weighted by Gasteiger charge is -2.37. The van der Waals surface area contributed by atoms with Crippen LogP contribution in [0.2, 0.25) is 0 Å². The summed E-state index contributed by atoms with van der Waals surface area (Å²) in [5.74, 6) is -0.191. The van der Waals surface area contributed by atoms with Gasteiger partial charge in [-0.1, -0.05) is 0 Å². The van der Waals surface area contributed by atoms with Crippen molar-refractivity contribution < 1.29 is 13.6 Å². The fourth-order valence-corrected chi connectivity index (χ4v) is 4.18. The monoisotopic (exact) mass is 414 g/mol. The Hall–Kier alpha value is -2.51. The first kappa shape index (κ1) is 20.8. The molecule has 0 unspecified atom stereocenters. The lowest BCUT2D eigenvalue weighted by atomic mass is 10.2. The molecule has 2 aliphatic rings. The molecule has 5 nitrogen and oxygen atoms in total. The minimum atomic E-state index is -0.221. The summed E-state index contributed by atoms with van der Waals surface area (Å²) < 4.78 is 26.2. The van der Waals surface area contributed by atoms with Crippen molar-refractivity contribution in [2.45, 2.75) is 0 Å². The molecular weight excluding hydrogens is 386 g/mol. The summed E-state index contributed by atoms with van der Waals surface area (Å²) in [6.07, 6.45) is 0. The van der Waals surface area contributed by atoms with Crippen molar-refractivity contribution in [1.29, 1.82) is 0 Å². The SMILES string of the molecule is O=C(CN1CCN(c2ccc(F)cc2)CC1)CN1CCN(c2ccc(F)cc2)CC1. The smallest absolute Gasteiger partial charge is 0.160 e. The summed E-state index contributed by atoms with van der Waals surface area (Å²) in [5, 5.41) is 0. The van der Waals surface area contributed by atoms with Gasteiger partial charge in [0.25, 0.3) is 0 Å². The van der Waals surface area contributed by atoms with E-state index in [-0.39, 0.29) is 17.4 Å². The first-order chi connectivity index (χ1) is 14.6. The number of rotatable bonds is 6. The summed E-state index contributed by atoms with van der Waals surface area (Å²) in [7, 11) is 0. The van der Waals surface area contributed by atoms with Crippen LogP contribution in [0.25, 0.3) is 0 Å². The molecule has 0 aliphatic carbocycles. The summed E-state index contributed by atoms with van der Waals surface area (Å²) in [4.78, 5) is 21.4. The number of carbonyl (C=O) groups excluding carboxylic acids is 1. The van der Waals surface area contributed by atoms with Gasteiger partial charge in [-0.15, -0.1) is 0 Å². The Morgan fingerprint density at radius 1 is 0.600 bits per heavy atom. The van der Waals surface area contributed by atoms with E-state index in [1.54, 1.807) is 0 Å². The zero-order valence-electron chi connectivity index (χ0n) is 17.1. The van der Waals surface area contributed by atoms with Crippen molar-refractivity contribution in [3.63, 3.8) is 0 Å². The van der Waals surface area contributed by atoms with Crippen molar-refractivity contribution >= 4 is 17.2 Å². The Kier molecular flexibility index (Phi) is 6.59. The van der Waals surface area contributed by atoms with Gasteiger partial charge in [-0.05, 0) is 48.5 Å². The Balaban J connectivity index is 1.18. The van der Waals surface area contributed by atoms with Crippen LogP contribution in [0.1, 0.15) is 0 Å². The van der Waals surface area contributed by atoms with E-state index in [0.717, 1.165) is 63.7 Å². The number of carbonyl (C=O) groups is 1. The highest BCUT2D eigenvalue weighted by atomic mass is 19.1. The topological polar surface area (TPSA) is 30.0 Å². The number of benzene rings is 2. The third kappa shape index (κ3) is 5.34. The molecule has 0 radical (unpaired) electrons. The Labute approximate surface area is 176 Å². The molecule has 2 fully saturated rings. The number of nitrogens with zero attached hydrogens (tertiary/aromatic N) is 4. The van der Waals surface area contributed by atoms with Crippen LogP contribution in [-0.2, 0) is 4.79 Å². The average molecular weight is 415 g/mol. The zero-order valence-corrected chi connectivity index (χ0v) is 17.1. The number of piperazine rings is 2. The third-order valence-corrected chi connectivity index (χ3v) is 5.93. The van der Waals surface area contributed by atoms with Crippen LogP contribution in [0.15, 0.2) is 48.5 Å². The number of Topliss-reactive ketones (excluding diaryl/α,β-unsaturated/α-hetero) is 1. The lowest BCUT2D eigenvalue weighted by Crippen LogP contribution is -2.51. The normalized spacial score (nSPS) is 18.6. The lowest BCUT2D eigenvalue weighted by molar-refractivity contribution is -0.121. The first-order valence-corrected chi connectivity index (χ1v) is 10.5. The molecule has 0 amide bonds. The van der Waals surface area contributed by atoms with Crippen molar-refractivity contribution in [2.75, 3.05) is 75.2 Å². The Morgan fingerprint density at radius 3 is 1.27 bits per heavy atom. The molecule has 160 valence electrons. The van der Waals surface area contributed by atoms with Crippen molar-refractivity contribution in [1.82, 2.24) is 9.80 Å². The van der Waals surface area contributed by atoms with E-state index in [2.05, 4.69) is 19.6 Å². The predicted octanol–water partition coefficient (Wildman–Crippen LogP) is 2.48. The van der Waals surface area contributed by atoms with Crippen LogP contribution >= 0.6 is 0 Å². The molecule has 4 rings (SSSR count). The summed E-state index contributed by atoms with van der Waals surface area (Å²) >= 11 is 0. The van der Waals surface area contributed by atoms with Crippen LogP contribution in [0.4, 0.5) is 20.2 Å². The van der Waals surface area contributed by atoms with Crippen LogP contribution < -0.4 is 9.80 Å². The van der Waals surface area contributed by atoms with E-state index in [0.29, 0.717) is 13.1 Å². The number of ketones is 1. The van der Waals surface area contributed by atoms with Gasteiger partial charge in [0.15, 0.2) is 5.78 Å². The maximum absolute atomic E-state index is 13.1. The first-order valence-electron chi connectivity index (χ1n) is 10.5. The predicted molar refractivity (Wildman–Crippen MR) is 115 cm³/mol. The molecule has 0 bridgehead atoms. The molecule has 7 heteroatoms. The highest BCUT2D eigenvalue weighted by molar-refractivity contribution is 5.82. The second kappa shape index (κ2) is 9.53. The van der Waals surface area contributed by atoms with E-state index >= 15 is 0 Å².